The van der Waals surface area contributed by atoms with Gasteiger partial charge in [-0.15, -0.1) is 0 Å². The second kappa shape index (κ2) is 7.93. The van der Waals surface area contributed by atoms with Crippen LogP contribution in [-0.2, 0) is 9.53 Å². The van der Waals surface area contributed by atoms with Gasteiger partial charge in [0.1, 0.15) is 22.1 Å². The molecule has 1 aliphatic rings. The number of phenolic OH excluding ortho intramolecular Hbond substituents is 1. The number of phenols is 1. The number of aliphatic hydroxyl groups excluding tert-OH is 1. The Morgan fingerprint density at radius 2 is 1.81 bits per heavy atom. The van der Waals surface area contributed by atoms with E-state index in [-0.39, 0.29) is 23.7 Å². The van der Waals surface area contributed by atoms with Gasteiger partial charge in [-0.2, -0.15) is 0 Å². The Morgan fingerprint density at radius 3 is 2.46 bits per heavy atom. The highest BCUT2D eigenvalue weighted by molar-refractivity contribution is 8.18. The summed E-state index contributed by atoms with van der Waals surface area (Å²) in [4.78, 5) is 17.3. The molecule has 3 rings (SSSR count). The molecule has 6 heteroatoms. The Balaban J connectivity index is 2.02. The zero-order valence-electron chi connectivity index (χ0n) is 14.0. The van der Waals surface area contributed by atoms with Crippen LogP contribution in [0.2, 0.25) is 0 Å². The monoisotopic (exact) mass is 367 g/mol. The molecule has 0 atom stereocenters. The average molecular weight is 367 g/mol. The Hall–Kier alpha value is -2.99. The highest BCUT2D eigenvalue weighted by Crippen LogP contribution is 2.40. The van der Waals surface area contributed by atoms with Gasteiger partial charge in [0.15, 0.2) is 0 Å². The van der Waals surface area contributed by atoms with Gasteiger partial charge in [0.25, 0.3) is 0 Å². The molecule has 0 aliphatic carbocycles. The van der Waals surface area contributed by atoms with Crippen molar-refractivity contribution in [3.05, 3.63) is 76.4 Å². The van der Waals surface area contributed by atoms with Crippen LogP contribution in [-0.4, -0.2) is 27.8 Å². The lowest BCUT2D eigenvalue weighted by atomic mass is 10.1. The molecule has 0 saturated heterocycles. The van der Waals surface area contributed by atoms with Crippen LogP contribution in [0.5, 0.6) is 5.75 Å². The first kappa shape index (κ1) is 17.8. The summed E-state index contributed by atoms with van der Waals surface area (Å²) >= 11 is 1.20. The molecule has 132 valence electrons. The van der Waals surface area contributed by atoms with Crippen molar-refractivity contribution in [2.24, 2.45) is 4.99 Å². The minimum absolute atomic E-state index is 0.0609. The summed E-state index contributed by atoms with van der Waals surface area (Å²) in [6.45, 7) is 1.91. The van der Waals surface area contributed by atoms with E-state index in [0.717, 1.165) is 5.56 Å². The highest BCUT2D eigenvalue weighted by atomic mass is 32.2. The first-order valence-electron chi connectivity index (χ1n) is 8.02. The molecule has 0 bridgehead atoms. The molecule has 0 spiro atoms. The quantitative estimate of drug-likeness (QED) is 0.773. The van der Waals surface area contributed by atoms with Gasteiger partial charge in [-0.05, 0) is 42.8 Å². The molecule has 5 nitrogen and oxygen atoms in total. The summed E-state index contributed by atoms with van der Waals surface area (Å²) in [5, 5.41) is 20.3. The minimum atomic E-state index is -0.610. The number of benzene rings is 2. The lowest BCUT2D eigenvalue weighted by molar-refractivity contribution is -0.138. The van der Waals surface area contributed by atoms with E-state index in [1.807, 2.05) is 30.3 Å². The van der Waals surface area contributed by atoms with Gasteiger partial charge in [0.05, 0.1) is 17.2 Å². The number of aliphatic hydroxyl groups is 1. The zero-order valence-corrected chi connectivity index (χ0v) is 14.9. The van der Waals surface area contributed by atoms with Crippen LogP contribution in [0.1, 0.15) is 12.5 Å². The van der Waals surface area contributed by atoms with Gasteiger partial charge in [0, 0.05) is 0 Å². The Kier molecular flexibility index (Phi) is 5.43. The second-order valence-corrected chi connectivity index (χ2v) is 6.43. The van der Waals surface area contributed by atoms with E-state index in [4.69, 9.17) is 4.74 Å². The number of nitrogens with zero attached hydrogens (tertiary/aromatic N) is 1. The van der Waals surface area contributed by atoms with Crippen LogP contribution < -0.4 is 0 Å². The van der Waals surface area contributed by atoms with E-state index in [0.29, 0.717) is 15.6 Å². The SMILES string of the molecule is CCOC(=O)C1=C(O)C(=Cc2ccc(O)cc2)SC1=Nc1ccccc1. The molecule has 26 heavy (non-hydrogen) atoms. The molecular formula is C20H17NO4S. The molecule has 0 saturated carbocycles. The van der Waals surface area contributed by atoms with Crippen molar-refractivity contribution in [2.75, 3.05) is 6.61 Å². The van der Waals surface area contributed by atoms with E-state index in [1.54, 1.807) is 37.3 Å². The molecule has 0 amide bonds. The predicted octanol–water partition coefficient (Wildman–Crippen LogP) is 4.59. The number of para-hydroxylation sites is 1. The molecule has 0 aromatic heterocycles. The fourth-order valence-electron chi connectivity index (χ4n) is 2.33. The van der Waals surface area contributed by atoms with E-state index in [1.165, 1.54) is 11.8 Å². The first-order valence-corrected chi connectivity index (χ1v) is 8.83. The maximum absolute atomic E-state index is 12.3. The topological polar surface area (TPSA) is 79.1 Å². The number of rotatable bonds is 4. The van der Waals surface area contributed by atoms with Gasteiger partial charge in [-0.25, -0.2) is 9.79 Å². The van der Waals surface area contributed by atoms with Crippen LogP contribution in [0, 0.1) is 0 Å². The second-order valence-electron chi connectivity index (χ2n) is 5.40. The van der Waals surface area contributed by atoms with Crippen molar-refractivity contribution in [3.8, 4) is 5.75 Å². The van der Waals surface area contributed by atoms with Gasteiger partial charge >= 0.3 is 5.97 Å². The molecule has 2 aromatic carbocycles. The number of thioether (sulfide) groups is 1. The normalized spacial score (nSPS) is 17.1. The fourth-order valence-corrected chi connectivity index (χ4v) is 3.37. The van der Waals surface area contributed by atoms with Crippen molar-refractivity contribution >= 4 is 34.5 Å². The van der Waals surface area contributed by atoms with Crippen LogP contribution in [0.25, 0.3) is 6.08 Å². The average Bonchev–Trinajstić information content (AvgIpc) is 2.93. The largest absolute Gasteiger partial charge is 0.508 e. The smallest absolute Gasteiger partial charge is 0.344 e. The third-order valence-corrected chi connectivity index (χ3v) is 4.57. The van der Waals surface area contributed by atoms with Crippen molar-refractivity contribution in [3.63, 3.8) is 0 Å². The number of esters is 1. The Labute approximate surface area is 155 Å². The number of carbonyl (C=O) groups excluding carboxylic acids is 1. The van der Waals surface area contributed by atoms with E-state index < -0.39 is 5.97 Å². The summed E-state index contributed by atoms with van der Waals surface area (Å²) < 4.78 is 5.07. The predicted molar refractivity (Wildman–Crippen MR) is 103 cm³/mol. The number of aromatic hydroxyl groups is 1. The summed E-state index contributed by atoms with van der Waals surface area (Å²) in [6.07, 6.45) is 1.73. The van der Waals surface area contributed by atoms with E-state index in [9.17, 15) is 15.0 Å². The lowest BCUT2D eigenvalue weighted by Gasteiger charge is -2.03. The lowest BCUT2D eigenvalue weighted by Crippen LogP contribution is -2.12. The molecule has 2 N–H and O–H groups in total. The van der Waals surface area contributed by atoms with E-state index >= 15 is 0 Å². The third kappa shape index (κ3) is 3.97. The Bertz CT molecular complexity index is 899. The van der Waals surface area contributed by atoms with Crippen molar-refractivity contribution < 1.29 is 19.7 Å². The Morgan fingerprint density at radius 1 is 1.12 bits per heavy atom. The van der Waals surface area contributed by atoms with Crippen molar-refractivity contribution in [1.82, 2.24) is 0 Å². The van der Waals surface area contributed by atoms with Crippen molar-refractivity contribution in [2.45, 2.75) is 6.92 Å². The number of aliphatic imine (C=N–C) groups is 1. The van der Waals surface area contributed by atoms with Gasteiger partial charge < -0.3 is 14.9 Å². The standard InChI is InChI=1S/C20H17NO4S/c1-2-25-20(24)17-18(23)16(12-13-8-10-15(22)11-9-13)26-19(17)21-14-6-4-3-5-7-14/h3-12,22-23H,2H2,1H3. The summed E-state index contributed by atoms with van der Waals surface area (Å²) in [5.74, 6) is -0.609. The molecule has 0 radical (unpaired) electrons. The molecule has 2 aromatic rings. The van der Waals surface area contributed by atoms with Crippen LogP contribution in [0.3, 0.4) is 0 Å². The number of ether oxygens (including phenoxy) is 1. The fraction of sp³-hybridized carbons (Fsp3) is 0.100. The van der Waals surface area contributed by atoms with Gasteiger partial charge in [-0.1, -0.05) is 42.1 Å². The van der Waals surface area contributed by atoms with Crippen LogP contribution >= 0.6 is 11.8 Å². The summed E-state index contributed by atoms with van der Waals surface area (Å²) in [6, 6.07) is 15.7. The third-order valence-electron chi connectivity index (χ3n) is 3.55. The van der Waals surface area contributed by atoms with Crippen molar-refractivity contribution in [1.29, 1.82) is 0 Å². The number of carbonyl (C=O) groups is 1. The minimum Gasteiger partial charge on any atom is -0.508 e. The van der Waals surface area contributed by atoms with E-state index in [2.05, 4.69) is 4.99 Å². The maximum atomic E-state index is 12.3. The highest BCUT2D eigenvalue weighted by Gasteiger charge is 2.33. The number of hydrogen-bond acceptors (Lipinski definition) is 6. The van der Waals surface area contributed by atoms with Crippen LogP contribution in [0.15, 0.2) is 75.8 Å². The molecule has 0 fully saturated rings. The summed E-state index contributed by atoms with van der Waals surface area (Å²) in [5.41, 5.74) is 1.52. The van der Waals surface area contributed by atoms with Crippen LogP contribution in [0.4, 0.5) is 5.69 Å². The molecular weight excluding hydrogens is 350 g/mol. The molecule has 1 aliphatic heterocycles. The molecule has 0 unspecified atom stereocenters. The number of hydrogen-bond donors (Lipinski definition) is 2. The van der Waals surface area contributed by atoms with Gasteiger partial charge in [0.2, 0.25) is 0 Å². The van der Waals surface area contributed by atoms with Gasteiger partial charge in [-0.3, -0.25) is 0 Å². The maximum Gasteiger partial charge on any atom is 0.344 e. The molecule has 1 heterocycles. The first-order chi connectivity index (χ1) is 12.6. The summed E-state index contributed by atoms with van der Waals surface area (Å²) in [7, 11) is 0. The zero-order chi connectivity index (χ0) is 18.5.